The van der Waals surface area contributed by atoms with Crippen molar-refractivity contribution in [2.75, 3.05) is 13.1 Å². The van der Waals surface area contributed by atoms with E-state index in [9.17, 15) is 14.7 Å². The van der Waals surface area contributed by atoms with Crippen LogP contribution in [0.5, 0.6) is 0 Å². The maximum absolute atomic E-state index is 13.8. The van der Waals surface area contributed by atoms with Gasteiger partial charge in [-0.1, -0.05) is 100.0 Å². The molecular weight excluding hydrogens is 484 g/mol. The van der Waals surface area contributed by atoms with Crippen molar-refractivity contribution in [1.82, 2.24) is 10.2 Å². The summed E-state index contributed by atoms with van der Waals surface area (Å²) >= 11 is 6.06. The van der Waals surface area contributed by atoms with E-state index in [-0.39, 0.29) is 17.7 Å². The second kappa shape index (κ2) is 10.7. The maximum Gasteiger partial charge on any atom is 0.252 e. The predicted molar refractivity (Wildman–Crippen MR) is 148 cm³/mol. The zero-order chi connectivity index (χ0) is 26.8. The lowest BCUT2D eigenvalue weighted by atomic mass is 9.66. The molecule has 1 aliphatic rings. The van der Waals surface area contributed by atoms with Crippen molar-refractivity contribution < 1.29 is 14.7 Å². The molecule has 2 amide bonds. The highest BCUT2D eigenvalue weighted by Crippen LogP contribution is 2.46. The summed E-state index contributed by atoms with van der Waals surface area (Å²) in [7, 11) is 0. The smallest absolute Gasteiger partial charge is 0.252 e. The molecule has 0 aromatic heterocycles. The zero-order valence-corrected chi connectivity index (χ0v) is 22.6. The van der Waals surface area contributed by atoms with Crippen LogP contribution in [-0.4, -0.2) is 41.0 Å². The van der Waals surface area contributed by atoms with Crippen LogP contribution < -0.4 is 5.32 Å². The van der Waals surface area contributed by atoms with Crippen LogP contribution in [0.4, 0.5) is 0 Å². The summed E-state index contributed by atoms with van der Waals surface area (Å²) in [6.45, 7) is 8.57. The second-order valence-electron chi connectivity index (χ2n) is 10.9. The van der Waals surface area contributed by atoms with Gasteiger partial charge in [0.1, 0.15) is 6.04 Å². The molecule has 2 atom stereocenters. The van der Waals surface area contributed by atoms with E-state index in [0.29, 0.717) is 30.1 Å². The largest absolute Gasteiger partial charge is 0.384 e. The number of amides is 2. The summed E-state index contributed by atoms with van der Waals surface area (Å²) in [5.41, 5.74) is 1.38. The van der Waals surface area contributed by atoms with Crippen LogP contribution >= 0.6 is 11.6 Å². The first kappa shape index (κ1) is 26.9. The third kappa shape index (κ3) is 5.43. The van der Waals surface area contributed by atoms with E-state index in [4.69, 9.17) is 11.6 Å². The molecule has 5 nitrogen and oxygen atoms in total. The average molecular weight is 519 g/mol. The Morgan fingerprint density at radius 3 is 2.19 bits per heavy atom. The maximum atomic E-state index is 13.8. The molecule has 1 aliphatic heterocycles. The number of nitrogens with zero attached hydrogens (tertiary/aromatic N) is 1. The molecule has 2 N–H and O–H groups in total. The molecule has 0 aliphatic carbocycles. The minimum atomic E-state index is -1.10. The highest BCUT2D eigenvalue weighted by molar-refractivity contribution is 6.30. The van der Waals surface area contributed by atoms with E-state index in [2.05, 4.69) is 5.32 Å². The first-order valence-corrected chi connectivity index (χ1v) is 13.1. The minimum Gasteiger partial charge on any atom is -0.384 e. The summed E-state index contributed by atoms with van der Waals surface area (Å²) in [5, 5.41) is 15.3. The zero-order valence-electron chi connectivity index (χ0n) is 21.9. The fraction of sp³-hybridized carbons (Fsp3) is 0.355. The summed E-state index contributed by atoms with van der Waals surface area (Å²) < 4.78 is 0. The molecule has 0 saturated carbocycles. The van der Waals surface area contributed by atoms with Gasteiger partial charge >= 0.3 is 0 Å². The Labute approximate surface area is 224 Å². The van der Waals surface area contributed by atoms with E-state index in [1.54, 1.807) is 23.1 Å². The van der Waals surface area contributed by atoms with Gasteiger partial charge in [0, 0.05) is 29.1 Å². The fourth-order valence-electron chi connectivity index (χ4n) is 5.25. The topological polar surface area (TPSA) is 69.6 Å². The van der Waals surface area contributed by atoms with Gasteiger partial charge in [-0.25, -0.2) is 0 Å². The normalized spacial score (nSPS) is 19.9. The van der Waals surface area contributed by atoms with Gasteiger partial charge in [0.15, 0.2) is 0 Å². The van der Waals surface area contributed by atoms with Crippen LogP contribution in [0.1, 0.15) is 50.0 Å². The summed E-state index contributed by atoms with van der Waals surface area (Å²) in [4.78, 5) is 29.0. The van der Waals surface area contributed by atoms with Crippen molar-refractivity contribution in [3.05, 3.63) is 95.0 Å². The quantitative estimate of drug-likeness (QED) is 0.426. The lowest BCUT2D eigenvalue weighted by Gasteiger charge is -2.51. The molecular formula is C31H35ClN2O3. The van der Waals surface area contributed by atoms with Crippen LogP contribution in [0.25, 0.3) is 11.1 Å². The molecule has 6 heteroatoms. The number of rotatable bonds is 6. The molecule has 0 unspecified atom stereocenters. The van der Waals surface area contributed by atoms with Crippen LogP contribution in [0.3, 0.4) is 0 Å². The Kier molecular flexibility index (Phi) is 7.77. The Morgan fingerprint density at radius 2 is 1.57 bits per heavy atom. The van der Waals surface area contributed by atoms with Gasteiger partial charge < -0.3 is 15.3 Å². The number of benzene rings is 3. The molecule has 0 bridgehead atoms. The number of hydrogen-bond donors (Lipinski definition) is 2. The van der Waals surface area contributed by atoms with Gasteiger partial charge in [0.05, 0.1) is 5.60 Å². The van der Waals surface area contributed by atoms with Crippen molar-refractivity contribution in [1.29, 1.82) is 0 Å². The molecule has 4 rings (SSSR count). The predicted octanol–water partition coefficient (Wildman–Crippen LogP) is 5.91. The van der Waals surface area contributed by atoms with Gasteiger partial charge in [-0.15, -0.1) is 0 Å². The number of hydrogen-bond acceptors (Lipinski definition) is 3. The Bertz CT molecular complexity index is 1260. The van der Waals surface area contributed by atoms with Crippen molar-refractivity contribution in [3.8, 4) is 11.1 Å². The molecule has 0 spiro atoms. The molecule has 0 radical (unpaired) electrons. The lowest BCUT2D eigenvalue weighted by Crippen LogP contribution is -2.60. The number of nitrogens with one attached hydrogen (secondary N) is 1. The molecule has 1 fully saturated rings. The third-order valence-electron chi connectivity index (χ3n) is 7.56. The van der Waals surface area contributed by atoms with Crippen molar-refractivity contribution in [2.24, 2.45) is 11.3 Å². The Hall–Kier alpha value is -3.15. The van der Waals surface area contributed by atoms with E-state index in [1.165, 1.54) is 0 Å². The van der Waals surface area contributed by atoms with E-state index >= 15 is 0 Å². The number of halogens is 1. The second-order valence-corrected chi connectivity index (χ2v) is 11.3. The summed E-state index contributed by atoms with van der Waals surface area (Å²) in [5.74, 6) is -0.521. The van der Waals surface area contributed by atoms with E-state index in [1.807, 2.05) is 88.4 Å². The van der Waals surface area contributed by atoms with Crippen LogP contribution in [0.15, 0.2) is 78.9 Å². The Balaban J connectivity index is 1.54. The average Bonchev–Trinajstić information content (AvgIpc) is 2.89. The lowest BCUT2D eigenvalue weighted by molar-refractivity contribution is -0.155. The first-order valence-electron chi connectivity index (χ1n) is 12.8. The summed E-state index contributed by atoms with van der Waals surface area (Å²) in [6, 6.07) is 23.8. The van der Waals surface area contributed by atoms with E-state index < -0.39 is 17.1 Å². The van der Waals surface area contributed by atoms with Crippen LogP contribution in [-0.2, 0) is 10.4 Å². The molecule has 1 heterocycles. The number of piperidine rings is 1. The van der Waals surface area contributed by atoms with Gasteiger partial charge in [0.25, 0.3) is 5.91 Å². The summed E-state index contributed by atoms with van der Waals surface area (Å²) in [6.07, 6.45) is 0.392. The highest BCUT2D eigenvalue weighted by Gasteiger charge is 2.50. The molecule has 3 aromatic rings. The highest BCUT2D eigenvalue weighted by atomic mass is 35.5. The van der Waals surface area contributed by atoms with Crippen molar-refractivity contribution in [2.45, 2.75) is 45.8 Å². The number of carbonyl (C=O) groups excluding carboxylic acids is 2. The van der Waals surface area contributed by atoms with Gasteiger partial charge in [-0.3, -0.25) is 9.59 Å². The minimum absolute atomic E-state index is 0.111. The third-order valence-corrected chi connectivity index (χ3v) is 7.81. The molecule has 3 aromatic carbocycles. The van der Waals surface area contributed by atoms with Gasteiger partial charge in [-0.05, 0) is 47.2 Å². The van der Waals surface area contributed by atoms with Gasteiger partial charge in [0.2, 0.25) is 5.91 Å². The van der Waals surface area contributed by atoms with Crippen LogP contribution in [0.2, 0.25) is 5.02 Å². The fourth-order valence-corrected chi connectivity index (χ4v) is 5.38. The Morgan fingerprint density at radius 1 is 0.946 bits per heavy atom. The SMILES string of the molecule is CC(C)[C@@H](NC(=O)c1ccccc1-c1ccccc1)C(=O)N1CC[C@](O)(c2ccc(Cl)cc2)C(C)(C)C1. The van der Waals surface area contributed by atoms with Crippen molar-refractivity contribution >= 4 is 23.4 Å². The number of carbonyl (C=O) groups is 2. The standard InChI is InChI=1S/C31H35ClN2O3/c1-21(2)27(33-28(35)26-13-9-8-12-25(26)22-10-6-5-7-11-22)29(36)34-19-18-31(37,30(3,4)20-34)23-14-16-24(32)17-15-23/h5-17,21,27,37H,18-20H2,1-4H3,(H,33,35)/t27-,31+/m1/s1. The van der Waals surface area contributed by atoms with Crippen molar-refractivity contribution in [3.63, 3.8) is 0 Å². The number of likely N-dealkylation sites (tertiary alicyclic amines) is 1. The molecule has 1 saturated heterocycles. The first-order chi connectivity index (χ1) is 17.5. The molecule has 194 valence electrons. The molecule has 37 heavy (non-hydrogen) atoms. The monoisotopic (exact) mass is 518 g/mol. The number of aliphatic hydroxyl groups is 1. The van der Waals surface area contributed by atoms with E-state index in [0.717, 1.165) is 16.7 Å². The van der Waals surface area contributed by atoms with Gasteiger partial charge in [-0.2, -0.15) is 0 Å². The van der Waals surface area contributed by atoms with Crippen LogP contribution in [0, 0.1) is 11.3 Å².